The molecule has 0 saturated carbocycles. The highest BCUT2D eigenvalue weighted by atomic mass is 15.3. The minimum Gasteiger partial charge on any atom is -0.232 e. The molecule has 0 fully saturated rings. The fraction of sp³-hybridized carbons (Fsp3) is 0. The Kier molecular flexibility index (Phi) is 2.79. The van der Waals surface area contributed by atoms with E-state index in [-0.39, 0.29) is 0 Å². The van der Waals surface area contributed by atoms with E-state index in [4.69, 9.17) is 5.10 Å². The predicted molar refractivity (Wildman–Crippen MR) is 85.3 cm³/mol. The van der Waals surface area contributed by atoms with Crippen molar-refractivity contribution in [2.24, 2.45) is 0 Å². The lowest BCUT2D eigenvalue weighted by molar-refractivity contribution is 0.915. The molecule has 2 heteroatoms. The number of aromatic nitrogens is 2. The molecule has 0 aliphatic heterocycles. The van der Waals surface area contributed by atoms with Crippen LogP contribution in [-0.2, 0) is 0 Å². The summed E-state index contributed by atoms with van der Waals surface area (Å²) in [5.41, 5.74) is 4.26. The fourth-order valence-electron chi connectivity index (χ4n) is 2.58. The van der Waals surface area contributed by atoms with Crippen LogP contribution in [0, 0.1) is 6.07 Å². The molecule has 99 valence electrons. The lowest BCUT2D eigenvalue weighted by Crippen LogP contribution is -1.95. The Balaban J connectivity index is 2.02. The SMILES string of the molecule is [c]1ccc2c(-c3ccccc3)nn(-c3ccccc3)c2c1. The van der Waals surface area contributed by atoms with Crippen LogP contribution in [0.25, 0.3) is 27.8 Å². The Morgan fingerprint density at radius 2 is 1.52 bits per heavy atom. The maximum Gasteiger partial charge on any atom is 0.101 e. The van der Waals surface area contributed by atoms with E-state index in [1.54, 1.807) is 0 Å². The molecule has 3 aromatic carbocycles. The Morgan fingerprint density at radius 1 is 0.810 bits per heavy atom. The molecule has 0 amide bonds. The van der Waals surface area contributed by atoms with Crippen LogP contribution in [0.5, 0.6) is 0 Å². The van der Waals surface area contributed by atoms with E-state index >= 15 is 0 Å². The third-order valence-corrected chi connectivity index (χ3v) is 3.57. The lowest BCUT2D eigenvalue weighted by Gasteiger charge is -2.02. The zero-order valence-corrected chi connectivity index (χ0v) is 11.4. The summed E-state index contributed by atoms with van der Waals surface area (Å²) in [6.07, 6.45) is 0. The molecule has 1 heterocycles. The molecule has 0 aliphatic rings. The zero-order chi connectivity index (χ0) is 14.1. The molecule has 0 bridgehead atoms. The molecule has 21 heavy (non-hydrogen) atoms. The molecular formula is C19H13N2. The second-order valence-corrected chi connectivity index (χ2v) is 4.91. The number of rotatable bonds is 2. The second kappa shape index (κ2) is 4.91. The van der Waals surface area contributed by atoms with Crippen molar-refractivity contribution in [3.63, 3.8) is 0 Å². The number of para-hydroxylation sites is 1. The predicted octanol–water partition coefficient (Wildman–Crippen LogP) is 4.49. The molecule has 2 nitrogen and oxygen atoms in total. The first kappa shape index (κ1) is 11.9. The Labute approximate surface area is 123 Å². The van der Waals surface area contributed by atoms with Crippen molar-refractivity contribution in [1.82, 2.24) is 9.78 Å². The van der Waals surface area contributed by atoms with Gasteiger partial charge < -0.3 is 0 Å². The number of hydrogen-bond acceptors (Lipinski definition) is 1. The van der Waals surface area contributed by atoms with Crippen LogP contribution in [0.15, 0.2) is 78.9 Å². The molecular weight excluding hydrogens is 256 g/mol. The minimum absolute atomic E-state index is 1.00. The Morgan fingerprint density at radius 3 is 2.29 bits per heavy atom. The van der Waals surface area contributed by atoms with E-state index in [1.165, 1.54) is 0 Å². The third kappa shape index (κ3) is 2.01. The van der Waals surface area contributed by atoms with Gasteiger partial charge in [0.2, 0.25) is 0 Å². The second-order valence-electron chi connectivity index (χ2n) is 4.91. The maximum atomic E-state index is 4.83. The normalized spacial score (nSPS) is 10.9. The van der Waals surface area contributed by atoms with Gasteiger partial charge in [-0.05, 0) is 30.3 Å². The summed E-state index contributed by atoms with van der Waals surface area (Å²) in [5.74, 6) is 0. The van der Waals surface area contributed by atoms with Gasteiger partial charge in [0.15, 0.2) is 0 Å². The molecule has 0 atom stereocenters. The Bertz CT molecular complexity index is 804. The molecule has 0 saturated heterocycles. The highest BCUT2D eigenvalue weighted by molar-refractivity contribution is 5.94. The third-order valence-electron chi connectivity index (χ3n) is 3.57. The van der Waals surface area contributed by atoms with Crippen LogP contribution in [0.4, 0.5) is 0 Å². The molecule has 1 aromatic heterocycles. The number of fused-ring (bicyclic) bond motifs is 1. The van der Waals surface area contributed by atoms with E-state index in [2.05, 4.69) is 36.4 Å². The molecule has 0 aliphatic carbocycles. The van der Waals surface area contributed by atoms with Crippen molar-refractivity contribution in [2.45, 2.75) is 0 Å². The average Bonchev–Trinajstić information content (AvgIpc) is 2.96. The Hall–Kier alpha value is -2.87. The molecule has 1 radical (unpaired) electrons. The monoisotopic (exact) mass is 269 g/mol. The van der Waals surface area contributed by atoms with E-state index in [0.717, 1.165) is 27.8 Å². The topological polar surface area (TPSA) is 17.8 Å². The molecule has 0 unspecified atom stereocenters. The first-order valence-corrected chi connectivity index (χ1v) is 6.93. The van der Waals surface area contributed by atoms with Gasteiger partial charge in [0, 0.05) is 10.9 Å². The number of nitrogens with zero attached hydrogens (tertiary/aromatic N) is 2. The molecule has 0 N–H and O–H groups in total. The van der Waals surface area contributed by atoms with Gasteiger partial charge in [-0.1, -0.05) is 54.6 Å². The highest BCUT2D eigenvalue weighted by Crippen LogP contribution is 2.29. The van der Waals surface area contributed by atoms with E-state index in [1.807, 2.05) is 53.2 Å². The van der Waals surface area contributed by atoms with Crippen molar-refractivity contribution >= 4 is 10.9 Å². The van der Waals surface area contributed by atoms with Gasteiger partial charge in [-0.15, -0.1) is 0 Å². The van der Waals surface area contributed by atoms with Crippen LogP contribution in [-0.4, -0.2) is 9.78 Å². The van der Waals surface area contributed by atoms with Gasteiger partial charge in [0.05, 0.1) is 11.2 Å². The zero-order valence-electron chi connectivity index (χ0n) is 11.4. The van der Waals surface area contributed by atoms with Crippen LogP contribution < -0.4 is 0 Å². The average molecular weight is 269 g/mol. The van der Waals surface area contributed by atoms with Crippen LogP contribution in [0.2, 0.25) is 0 Å². The molecule has 4 aromatic rings. The first-order chi connectivity index (χ1) is 10.4. The summed E-state index contributed by atoms with van der Waals surface area (Å²) in [7, 11) is 0. The summed E-state index contributed by atoms with van der Waals surface area (Å²) >= 11 is 0. The van der Waals surface area contributed by atoms with Gasteiger partial charge in [0.25, 0.3) is 0 Å². The minimum atomic E-state index is 1.00. The van der Waals surface area contributed by atoms with Gasteiger partial charge in [-0.25, -0.2) is 4.68 Å². The van der Waals surface area contributed by atoms with Crippen molar-refractivity contribution in [3.05, 3.63) is 84.9 Å². The molecule has 0 spiro atoms. The highest BCUT2D eigenvalue weighted by Gasteiger charge is 2.12. The van der Waals surface area contributed by atoms with Crippen molar-refractivity contribution in [3.8, 4) is 16.9 Å². The van der Waals surface area contributed by atoms with Gasteiger partial charge in [0.1, 0.15) is 5.69 Å². The lowest BCUT2D eigenvalue weighted by atomic mass is 10.1. The van der Waals surface area contributed by atoms with Crippen molar-refractivity contribution in [2.75, 3.05) is 0 Å². The van der Waals surface area contributed by atoms with Crippen LogP contribution >= 0.6 is 0 Å². The van der Waals surface area contributed by atoms with Gasteiger partial charge >= 0.3 is 0 Å². The van der Waals surface area contributed by atoms with E-state index < -0.39 is 0 Å². The largest absolute Gasteiger partial charge is 0.232 e. The van der Waals surface area contributed by atoms with Crippen LogP contribution in [0.1, 0.15) is 0 Å². The van der Waals surface area contributed by atoms with E-state index in [9.17, 15) is 0 Å². The quantitative estimate of drug-likeness (QED) is 0.524. The summed E-state index contributed by atoms with van der Waals surface area (Å²) in [6.45, 7) is 0. The first-order valence-electron chi connectivity index (χ1n) is 6.93. The smallest absolute Gasteiger partial charge is 0.101 e. The standard InChI is InChI=1S/C19H13N2/c1-3-9-15(10-4-1)19-17-13-7-8-14-18(17)21(20-19)16-11-5-2-6-12-16/h1-7,9-14H. The summed E-state index contributed by atoms with van der Waals surface area (Å²) in [4.78, 5) is 0. The summed E-state index contributed by atoms with van der Waals surface area (Å²) in [6, 6.07) is 29.6. The van der Waals surface area contributed by atoms with Crippen LogP contribution in [0.3, 0.4) is 0 Å². The van der Waals surface area contributed by atoms with Crippen molar-refractivity contribution in [1.29, 1.82) is 0 Å². The number of hydrogen-bond donors (Lipinski definition) is 0. The van der Waals surface area contributed by atoms with Gasteiger partial charge in [-0.3, -0.25) is 0 Å². The fourth-order valence-corrected chi connectivity index (χ4v) is 2.58. The van der Waals surface area contributed by atoms with Gasteiger partial charge in [-0.2, -0.15) is 5.10 Å². The maximum absolute atomic E-state index is 4.83. The van der Waals surface area contributed by atoms with E-state index in [0.29, 0.717) is 0 Å². The molecule has 4 rings (SSSR count). The van der Waals surface area contributed by atoms with Crippen molar-refractivity contribution < 1.29 is 0 Å². The number of benzene rings is 3. The summed E-state index contributed by atoms with van der Waals surface area (Å²) < 4.78 is 1.98. The summed E-state index contributed by atoms with van der Waals surface area (Å²) in [5, 5.41) is 5.97.